The van der Waals surface area contributed by atoms with Crippen LogP contribution in [0.2, 0.25) is 0 Å². The van der Waals surface area contributed by atoms with Crippen molar-refractivity contribution >= 4 is 23.6 Å². The Morgan fingerprint density at radius 3 is 2.06 bits per heavy atom. The van der Waals surface area contributed by atoms with Gasteiger partial charge in [-0.2, -0.15) is 4.90 Å². The van der Waals surface area contributed by atoms with Gasteiger partial charge >= 0.3 is 12.2 Å². The molecule has 2 N–H and O–H groups in total. The standard InChI is InChI=1S/C23H34N4O4/c1-9-11-13-17(24)16(12-10-2)18-14-19(26-15-25-18)27(20(28)30-22(3,4)5)21(29)31-23(6,7)8/h9,11-15H,10,24H2,1-8H3/b11-9-,16-12-,17-13+. The van der Waals surface area contributed by atoms with Gasteiger partial charge < -0.3 is 15.2 Å². The fourth-order valence-electron chi connectivity index (χ4n) is 2.36. The van der Waals surface area contributed by atoms with Crippen molar-refractivity contribution in [3.05, 3.63) is 48.1 Å². The molecule has 0 bridgehead atoms. The summed E-state index contributed by atoms with van der Waals surface area (Å²) in [6, 6.07) is 1.51. The first-order chi connectivity index (χ1) is 14.3. The van der Waals surface area contributed by atoms with Crippen molar-refractivity contribution in [2.45, 2.75) is 73.0 Å². The molecular weight excluding hydrogens is 396 g/mol. The molecule has 2 amide bonds. The Morgan fingerprint density at radius 1 is 1.06 bits per heavy atom. The summed E-state index contributed by atoms with van der Waals surface area (Å²) < 4.78 is 10.8. The van der Waals surface area contributed by atoms with Crippen LogP contribution in [0.15, 0.2) is 42.4 Å². The number of anilines is 1. The van der Waals surface area contributed by atoms with Gasteiger partial charge in [-0.05, 0) is 61.0 Å². The smallest absolute Gasteiger partial charge is 0.425 e. The van der Waals surface area contributed by atoms with Gasteiger partial charge in [0, 0.05) is 17.3 Å². The normalized spacial score (nSPS) is 13.3. The largest absolute Gasteiger partial charge is 0.443 e. The fourth-order valence-corrected chi connectivity index (χ4v) is 2.36. The number of aromatic nitrogens is 2. The number of allylic oxidation sites excluding steroid dienone is 5. The van der Waals surface area contributed by atoms with Crippen molar-refractivity contribution in [3.63, 3.8) is 0 Å². The van der Waals surface area contributed by atoms with Crippen LogP contribution in [0, 0.1) is 0 Å². The topological polar surface area (TPSA) is 108 Å². The van der Waals surface area contributed by atoms with E-state index in [9.17, 15) is 9.59 Å². The van der Waals surface area contributed by atoms with E-state index in [1.165, 1.54) is 12.4 Å². The number of amides is 2. The number of rotatable bonds is 5. The summed E-state index contributed by atoms with van der Waals surface area (Å²) in [5.74, 6) is 0.0225. The SMILES string of the molecule is C\C=C/C=C(N)\C(=C\CC)c1cc(N(C(=O)OC(C)(C)C)C(=O)OC(C)(C)C)ncn1. The number of ether oxygens (including phenoxy) is 2. The molecule has 1 rings (SSSR count). The van der Waals surface area contributed by atoms with Crippen LogP contribution < -0.4 is 10.6 Å². The van der Waals surface area contributed by atoms with Gasteiger partial charge in [0.05, 0.1) is 5.69 Å². The summed E-state index contributed by atoms with van der Waals surface area (Å²) in [5, 5.41) is 0. The minimum Gasteiger partial charge on any atom is -0.443 e. The molecule has 8 nitrogen and oxygen atoms in total. The number of hydrogen-bond donors (Lipinski definition) is 1. The summed E-state index contributed by atoms with van der Waals surface area (Å²) in [5.41, 5.74) is 6.20. The van der Waals surface area contributed by atoms with Crippen LogP contribution in [0.3, 0.4) is 0 Å². The molecule has 1 heterocycles. The predicted molar refractivity (Wildman–Crippen MR) is 122 cm³/mol. The predicted octanol–water partition coefficient (Wildman–Crippen LogP) is 5.37. The quantitative estimate of drug-likeness (QED) is 0.626. The lowest BCUT2D eigenvalue weighted by molar-refractivity contribution is 0.0429. The van der Waals surface area contributed by atoms with E-state index in [0.717, 1.165) is 4.90 Å². The van der Waals surface area contributed by atoms with E-state index in [1.807, 2.05) is 32.1 Å². The lowest BCUT2D eigenvalue weighted by Gasteiger charge is -2.28. The highest BCUT2D eigenvalue weighted by molar-refractivity contribution is 6.09. The maximum Gasteiger partial charge on any atom is 0.425 e. The molecule has 0 spiro atoms. The molecule has 0 radical (unpaired) electrons. The van der Waals surface area contributed by atoms with Gasteiger partial charge in [-0.1, -0.05) is 25.2 Å². The Labute approximate surface area is 184 Å². The number of nitrogens with zero attached hydrogens (tertiary/aromatic N) is 3. The van der Waals surface area contributed by atoms with Crippen molar-refractivity contribution in [2.24, 2.45) is 5.73 Å². The lowest BCUT2D eigenvalue weighted by Crippen LogP contribution is -2.44. The van der Waals surface area contributed by atoms with E-state index in [1.54, 1.807) is 47.6 Å². The molecule has 0 fully saturated rings. The highest BCUT2D eigenvalue weighted by atomic mass is 16.6. The Bertz CT molecular complexity index is 846. The summed E-state index contributed by atoms with van der Waals surface area (Å²) in [6.45, 7) is 14.1. The third-order valence-corrected chi connectivity index (χ3v) is 3.50. The van der Waals surface area contributed by atoms with Gasteiger partial charge in [-0.3, -0.25) is 0 Å². The third-order valence-electron chi connectivity index (χ3n) is 3.50. The van der Waals surface area contributed by atoms with Crippen LogP contribution in [0.25, 0.3) is 5.57 Å². The van der Waals surface area contributed by atoms with Crippen LogP contribution in [-0.2, 0) is 9.47 Å². The summed E-state index contributed by atoms with van der Waals surface area (Å²) in [6.07, 6.45) is 7.51. The highest BCUT2D eigenvalue weighted by Crippen LogP contribution is 2.25. The molecule has 170 valence electrons. The minimum absolute atomic E-state index is 0.0225. The minimum atomic E-state index is -0.898. The number of imide groups is 1. The first-order valence-electron chi connectivity index (χ1n) is 10.2. The molecule has 31 heavy (non-hydrogen) atoms. The second-order valence-electron chi connectivity index (χ2n) is 8.73. The molecule has 1 aromatic rings. The molecule has 0 aliphatic heterocycles. The summed E-state index contributed by atoms with van der Waals surface area (Å²) in [7, 11) is 0. The first kappa shape index (κ1) is 25.9. The molecule has 1 aromatic heterocycles. The zero-order chi connectivity index (χ0) is 23.8. The second-order valence-corrected chi connectivity index (χ2v) is 8.73. The van der Waals surface area contributed by atoms with Gasteiger partial charge in [0.25, 0.3) is 0 Å². The number of carbonyl (C=O) groups excluding carboxylic acids is 2. The van der Waals surface area contributed by atoms with Crippen molar-refractivity contribution in [3.8, 4) is 0 Å². The third kappa shape index (κ3) is 8.62. The second kappa shape index (κ2) is 10.7. The van der Waals surface area contributed by atoms with Crippen molar-refractivity contribution < 1.29 is 19.1 Å². The molecular formula is C23H34N4O4. The van der Waals surface area contributed by atoms with Gasteiger partial charge in [-0.25, -0.2) is 19.6 Å². The van der Waals surface area contributed by atoms with Gasteiger partial charge in [0.15, 0.2) is 5.82 Å². The van der Waals surface area contributed by atoms with E-state index in [2.05, 4.69) is 9.97 Å². The zero-order valence-corrected chi connectivity index (χ0v) is 19.7. The van der Waals surface area contributed by atoms with Crippen LogP contribution in [0.4, 0.5) is 15.4 Å². The molecule has 0 unspecified atom stereocenters. The molecule has 0 saturated carbocycles. The maximum absolute atomic E-state index is 12.9. The number of nitrogens with two attached hydrogens (primary N) is 1. The van der Waals surface area contributed by atoms with Crippen molar-refractivity contribution in [1.82, 2.24) is 9.97 Å². The van der Waals surface area contributed by atoms with Crippen LogP contribution in [0.1, 0.15) is 67.5 Å². The average Bonchev–Trinajstić information content (AvgIpc) is 2.61. The number of hydrogen-bond acceptors (Lipinski definition) is 7. The molecule has 0 aliphatic rings. The van der Waals surface area contributed by atoms with Crippen molar-refractivity contribution in [2.75, 3.05) is 4.90 Å². The number of carbonyl (C=O) groups is 2. The van der Waals surface area contributed by atoms with Crippen LogP contribution in [-0.4, -0.2) is 33.4 Å². The lowest BCUT2D eigenvalue weighted by atomic mass is 10.1. The Balaban J connectivity index is 3.51. The Morgan fingerprint density at radius 2 is 1.61 bits per heavy atom. The zero-order valence-electron chi connectivity index (χ0n) is 19.7. The van der Waals surface area contributed by atoms with E-state index < -0.39 is 23.4 Å². The fraction of sp³-hybridized carbons (Fsp3) is 0.478. The van der Waals surface area contributed by atoms with E-state index in [-0.39, 0.29) is 5.82 Å². The molecule has 0 saturated heterocycles. The van der Waals surface area contributed by atoms with E-state index in [0.29, 0.717) is 23.4 Å². The van der Waals surface area contributed by atoms with Gasteiger partial charge in [-0.15, -0.1) is 0 Å². The summed E-state index contributed by atoms with van der Waals surface area (Å²) in [4.78, 5) is 34.9. The van der Waals surface area contributed by atoms with Gasteiger partial charge in [0.2, 0.25) is 0 Å². The monoisotopic (exact) mass is 430 g/mol. The first-order valence-corrected chi connectivity index (χ1v) is 10.2. The Hall–Kier alpha value is -3.16. The molecule has 0 aromatic carbocycles. The van der Waals surface area contributed by atoms with Gasteiger partial charge in [0.1, 0.15) is 17.5 Å². The Kier molecular flexibility index (Phi) is 8.97. The average molecular weight is 431 g/mol. The van der Waals surface area contributed by atoms with E-state index in [4.69, 9.17) is 15.2 Å². The summed E-state index contributed by atoms with van der Waals surface area (Å²) >= 11 is 0. The van der Waals surface area contributed by atoms with Crippen LogP contribution in [0.5, 0.6) is 0 Å². The van der Waals surface area contributed by atoms with Crippen molar-refractivity contribution in [1.29, 1.82) is 0 Å². The molecule has 0 atom stereocenters. The maximum atomic E-state index is 12.9. The van der Waals surface area contributed by atoms with E-state index >= 15 is 0 Å². The molecule has 8 heteroatoms. The molecule has 0 aliphatic carbocycles. The van der Waals surface area contributed by atoms with Crippen LogP contribution >= 0.6 is 0 Å². The highest BCUT2D eigenvalue weighted by Gasteiger charge is 2.34.